The highest BCUT2D eigenvalue weighted by atomic mass is 35.5. The number of nitrogens with one attached hydrogen (secondary N) is 1. The fourth-order valence-corrected chi connectivity index (χ4v) is 2.44. The number of benzene rings is 2. The fourth-order valence-electron chi connectivity index (χ4n) is 2.06. The number of hydrogen-bond acceptors (Lipinski definition) is 4. The van der Waals surface area contributed by atoms with Gasteiger partial charge in [0, 0.05) is 41.1 Å². The minimum atomic E-state index is 0.131. The molecule has 6 heteroatoms. The Bertz CT molecular complexity index is 597. The first kappa shape index (κ1) is 20.6. The molecule has 24 heavy (non-hydrogen) atoms. The lowest BCUT2D eigenvalue weighted by molar-refractivity contribution is 0.302. The summed E-state index contributed by atoms with van der Waals surface area (Å²) in [6.45, 7) is 4.43. The van der Waals surface area contributed by atoms with Gasteiger partial charge in [-0.15, -0.1) is 0 Å². The van der Waals surface area contributed by atoms with Crippen molar-refractivity contribution in [2.24, 2.45) is 0 Å². The van der Waals surface area contributed by atoms with E-state index in [4.69, 9.17) is 33.4 Å². The second-order valence-electron chi connectivity index (χ2n) is 4.94. The van der Waals surface area contributed by atoms with E-state index in [0.717, 1.165) is 22.9 Å². The summed E-state index contributed by atoms with van der Waals surface area (Å²) in [7, 11) is 0. The lowest BCUT2D eigenvalue weighted by Gasteiger charge is -2.21. The summed E-state index contributed by atoms with van der Waals surface area (Å²) in [6, 6.07) is 15.0. The maximum atomic E-state index is 8.82. The van der Waals surface area contributed by atoms with E-state index in [1.54, 1.807) is 0 Å². The zero-order chi connectivity index (χ0) is 17.8. The Morgan fingerprint density at radius 2 is 1.62 bits per heavy atom. The molecule has 132 valence electrons. The molecule has 0 spiro atoms. The zero-order valence-corrected chi connectivity index (χ0v) is 15.3. The van der Waals surface area contributed by atoms with E-state index < -0.39 is 0 Å². The number of rotatable bonds is 7. The first-order valence-electron chi connectivity index (χ1n) is 7.82. The van der Waals surface area contributed by atoms with Crippen molar-refractivity contribution in [3.05, 3.63) is 58.6 Å². The molecule has 0 atom stereocenters. The lowest BCUT2D eigenvalue weighted by atomic mass is 10.3. The van der Waals surface area contributed by atoms with Gasteiger partial charge in [0.25, 0.3) is 0 Å². The molecule has 0 heterocycles. The largest absolute Gasteiger partial charge is 0.395 e. The van der Waals surface area contributed by atoms with Gasteiger partial charge in [-0.05, 0) is 43.3 Å². The van der Waals surface area contributed by atoms with Crippen LogP contribution < -0.4 is 10.2 Å². The van der Waals surface area contributed by atoms with Gasteiger partial charge in [0.15, 0.2) is 0 Å². The molecule has 0 unspecified atom stereocenters. The molecular weight excluding hydrogens is 347 g/mol. The Hall–Kier alpha value is -1.46. The molecule has 0 aromatic heterocycles. The predicted octanol–water partition coefficient (Wildman–Crippen LogP) is 3.90. The van der Waals surface area contributed by atoms with Gasteiger partial charge in [-0.2, -0.15) is 0 Å². The molecule has 0 radical (unpaired) electrons. The summed E-state index contributed by atoms with van der Waals surface area (Å²) in [5, 5.41) is 21.8. The minimum Gasteiger partial charge on any atom is -0.395 e. The van der Waals surface area contributed by atoms with E-state index in [9.17, 15) is 0 Å². The van der Waals surface area contributed by atoms with Crippen molar-refractivity contribution in [3.8, 4) is 0 Å². The third kappa shape index (κ3) is 7.88. The van der Waals surface area contributed by atoms with E-state index in [-0.39, 0.29) is 13.2 Å². The number of halogens is 2. The van der Waals surface area contributed by atoms with Gasteiger partial charge < -0.3 is 20.4 Å². The number of aliphatic hydroxyl groups excluding tert-OH is 2. The van der Waals surface area contributed by atoms with Crippen molar-refractivity contribution < 1.29 is 10.2 Å². The number of nitrogens with zero attached hydrogens (tertiary/aromatic N) is 1. The molecule has 0 bridgehead atoms. The SMILES string of the molecule is CCN(CCO)c1cccc(Cl)c1.OCCNc1cccc(Cl)c1. The van der Waals surface area contributed by atoms with Gasteiger partial charge in [-0.3, -0.25) is 0 Å². The van der Waals surface area contributed by atoms with Crippen molar-refractivity contribution >= 4 is 34.6 Å². The van der Waals surface area contributed by atoms with Crippen LogP contribution in [0.3, 0.4) is 0 Å². The maximum Gasteiger partial charge on any atom is 0.0606 e. The molecule has 3 N–H and O–H groups in total. The number of hydrogen-bond donors (Lipinski definition) is 3. The van der Waals surface area contributed by atoms with Crippen LogP contribution in [0.2, 0.25) is 10.0 Å². The molecule has 2 aromatic carbocycles. The van der Waals surface area contributed by atoms with Gasteiger partial charge in [-0.25, -0.2) is 0 Å². The first-order chi connectivity index (χ1) is 11.6. The normalized spacial score (nSPS) is 9.88. The van der Waals surface area contributed by atoms with Gasteiger partial charge in [-0.1, -0.05) is 35.3 Å². The van der Waals surface area contributed by atoms with Gasteiger partial charge in [0.2, 0.25) is 0 Å². The van der Waals surface area contributed by atoms with Crippen molar-refractivity contribution in [1.82, 2.24) is 0 Å². The Kier molecular flexibility index (Phi) is 10.3. The second kappa shape index (κ2) is 12.0. The molecule has 0 aliphatic rings. The average molecular weight is 371 g/mol. The van der Waals surface area contributed by atoms with Gasteiger partial charge in [0.1, 0.15) is 0 Å². The molecule has 2 rings (SSSR count). The molecular formula is C18H24Cl2N2O2. The number of likely N-dealkylation sites (N-methyl/N-ethyl adjacent to an activating group) is 1. The summed E-state index contributed by atoms with van der Waals surface area (Å²) in [6.07, 6.45) is 0. The Balaban J connectivity index is 0.000000243. The summed E-state index contributed by atoms with van der Waals surface area (Å²) in [4.78, 5) is 2.08. The summed E-state index contributed by atoms with van der Waals surface area (Å²) in [5.41, 5.74) is 2.00. The van der Waals surface area contributed by atoms with Crippen molar-refractivity contribution in [1.29, 1.82) is 0 Å². The van der Waals surface area contributed by atoms with E-state index in [1.165, 1.54) is 0 Å². The monoisotopic (exact) mass is 370 g/mol. The highest BCUT2D eigenvalue weighted by Crippen LogP contribution is 2.18. The smallest absolute Gasteiger partial charge is 0.0606 e. The molecule has 0 fully saturated rings. The van der Waals surface area contributed by atoms with Crippen LogP contribution in [0.25, 0.3) is 0 Å². The van der Waals surface area contributed by atoms with Crippen LogP contribution >= 0.6 is 23.2 Å². The van der Waals surface area contributed by atoms with E-state index in [0.29, 0.717) is 18.1 Å². The zero-order valence-electron chi connectivity index (χ0n) is 13.8. The van der Waals surface area contributed by atoms with E-state index in [2.05, 4.69) is 17.1 Å². The van der Waals surface area contributed by atoms with E-state index in [1.807, 2.05) is 48.5 Å². The predicted molar refractivity (Wildman–Crippen MR) is 103 cm³/mol. The van der Waals surface area contributed by atoms with Crippen molar-refractivity contribution in [2.45, 2.75) is 6.92 Å². The maximum absolute atomic E-state index is 8.82. The Morgan fingerprint density at radius 1 is 0.958 bits per heavy atom. The van der Waals surface area contributed by atoms with Crippen molar-refractivity contribution in [3.63, 3.8) is 0 Å². The number of aliphatic hydroxyl groups is 2. The average Bonchev–Trinajstić information content (AvgIpc) is 2.58. The minimum absolute atomic E-state index is 0.131. The third-order valence-electron chi connectivity index (χ3n) is 3.19. The van der Waals surface area contributed by atoms with Crippen LogP contribution in [0.5, 0.6) is 0 Å². The second-order valence-corrected chi connectivity index (χ2v) is 5.82. The van der Waals surface area contributed by atoms with Crippen LogP contribution in [-0.2, 0) is 0 Å². The van der Waals surface area contributed by atoms with Crippen LogP contribution in [0.1, 0.15) is 6.92 Å². The molecule has 0 saturated carbocycles. The van der Waals surface area contributed by atoms with Crippen molar-refractivity contribution in [2.75, 3.05) is 43.1 Å². The first-order valence-corrected chi connectivity index (χ1v) is 8.58. The Labute approximate surface area is 153 Å². The standard InChI is InChI=1S/C10H14ClNO.C8H10ClNO/c1-2-12(6-7-13)10-5-3-4-9(11)8-10;9-7-2-1-3-8(6-7)10-4-5-11/h3-5,8,13H,2,6-7H2,1H3;1-3,6,10-11H,4-5H2. The summed E-state index contributed by atoms with van der Waals surface area (Å²) in [5.74, 6) is 0. The van der Waals surface area contributed by atoms with Crippen LogP contribution in [0, 0.1) is 0 Å². The molecule has 0 amide bonds. The van der Waals surface area contributed by atoms with Gasteiger partial charge >= 0.3 is 0 Å². The molecule has 0 aliphatic heterocycles. The third-order valence-corrected chi connectivity index (χ3v) is 3.66. The Morgan fingerprint density at radius 3 is 2.17 bits per heavy atom. The topological polar surface area (TPSA) is 55.7 Å². The highest BCUT2D eigenvalue weighted by molar-refractivity contribution is 6.31. The summed E-state index contributed by atoms with van der Waals surface area (Å²) < 4.78 is 0. The highest BCUT2D eigenvalue weighted by Gasteiger charge is 2.02. The van der Waals surface area contributed by atoms with E-state index >= 15 is 0 Å². The van der Waals surface area contributed by atoms with Crippen LogP contribution in [0.4, 0.5) is 11.4 Å². The fraction of sp³-hybridized carbons (Fsp3) is 0.333. The number of anilines is 2. The quantitative estimate of drug-likeness (QED) is 0.691. The van der Waals surface area contributed by atoms with Crippen LogP contribution in [0.15, 0.2) is 48.5 Å². The molecule has 0 aliphatic carbocycles. The molecule has 2 aromatic rings. The van der Waals surface area contributed by atoms with Crippen LogP contribution in [-0.4, -0.2) is 43.1 Å². The lowest BCUT2D eigenvalue weighted by Crippen LogP contribution is -2.25. The summed E-state index contributed by atoms with van der Waals surface area (Å²) >= 11 is 11.6. The molecule has 0 saturated heterocycles. The molecule has 4 nitrogen and oxygen atoms in total. The van der Waals surface area contributed by atoms with Gasteiger partial charge in [0.05, 0.1) is 13.2 Å².